The van der Waals surface area contributed by atoms with E-state index in [4.69, 9.17) is 5.73 Å². The molecule has 1 nitrogen and oxygen atoms in total. The fourth-order valence-electron chi connectivity index (χ4n) is 2.95. The van der Waals surface area contributed by atoms with Gasteiger partial charge in [0.15, 0.2) is 0 Å². The molecule has 0 amide bonds. The van der Waals surface area contributed by atoms with Crippen molar-refractivity contribution in [1.82, 2.24) is 0 Å². The van der Waals surface area contributed by atoms with Crippen LogP contribution in [-0.4, -0.2) is 6.04 Å². The van der Waals surface area contributed by atoms with Gasteiger partial charge in [-0.1, -0.05) is 44.2 Å². The normalized spacial score (nSPS) is 18.8. The van der Waals surface area contributed by atoms with Crippen molar-refractivity contribution < 1.29 is 4.39 Å². The van der Waals surface area contributed by atoms with Crippen molar-refractivity contribution in [3.63, 3.8) is 0 Å². The fourth-order valence-corrected chi connectivity index (χ4v) is 2.95. The van der Waals surface area contributed by atoms with Crippen LogP contribution in [0.3, 0.4) is 0 Å². The Balaban J connectivity index is 1.71. The fraction of sp³-hybridized carbons (Fsp3) is 0.625. The standard InChI is InChI=1S/C16H24FN/c17-15-9-6-14(7-10-15)12-16(18)11-8-13-4-2-1-3-5-13/h6-7,9-10,13,16H,1-5,8,11-12,18H2. The minimum atomic E-state index is -0.172. The molecule has 0 saturated heterocycles. The third-order valence-corrected chi connectivity index (χ3v) is 4.08. The summed E-state index contributed by atoms with van der Waals surface area (Å²) in [6, 6.07) is 6.94. The number of benzene rings is 1. The molecule has 0 aromatic heterocycles. The van der Waals surface area contributed by atoms with Crippen LogP contribution in [0.5, 0.6) is 0 Å². The maximum absolute atomic E-state index is 12.8. The molecule has 0 heterocycles. The van der Waals surface area contributed by atoms with Gasteiger partial charge in [-0.15, -0.1) is 0 Å². The molecule has 1 saturated carbocycles. The van der Waals surface area contributed by atoms with E-state index in [2.05, 4.69) is 0 Å². The molecule has 1 unspecified atom stereocenters. The van der Waals surface area contributed by atoms with Crippen LogP contribution in [0.4, 0.5) is 4.39 Å². The van der Waals surface area contributed by atoms with Gasteiger partial charge in [0.1, 0.15) is 5.82 Å². The van der Waals surface area contributed by atoms with Crippen molar-refractivity contribution in [1.29, 1.82) is 0 Å². The average molecular weight is 249 g/mol. The van der Waals surface area contributed by atoms with Crippen molar-refractivity contribution >= 4 is 0 Å². The summed E-state index contributed by atoms with van der Waals surface area (Å²) in [6.45, 7) is 0. The third kappa shape index (κ3) is 4.41. The lowest BCUT2D eigenvalue weighted by atomic mass is 9.85. The molecule has 1 atom stereocenters. The largest absolute Gasteiger partial charge is 0.327 e. The maximum atomic E-state index is 12.8. The number of hydrogen-bond donors (Lipinski definition) is 1. The predicted molar refractivity (Wildman–Crippen MR) is 73.9 cm³/mol. The molecule has 1 aromatic rings. The Hall–Kier alpha value is -0.890. The second-order valence-electron chi connectivity index (χ2n) is 5.67. The predicted octanol–water partition coefficient (Wildman–Crippen LogP) is 4.06. The summed E-state index contributed by atoms with van der Waals surface area (Å²) < 4.78 is 12.8. The van der Waals surface area contributed by atoms with E-state index in [0.717, 1.165) is 24.3 Å². The number of halogens is 1. The summed E-state index contributed by atoms with van der Waals surface area (Å²) in [6.07, 6.45) is 10.2. The summed E-state index contributed by atoms with van der Waals surface area (Å²) in [5.74, 6) is 0.729. The van der Waals surface area contributed by atoms with Gasteiger partial charge in [-0.05, 0) is 42.9 Å². The zero-order valence-electron chi connectivity index (χ0n) is 11.1. The van der Waals surface area contributed by atoms with E-state index < -0.39 is 0 Å². The first-order valence-corrected chi connectivity index (χ1v) is 7.24. The molecule has 18 heavy (non-hydrogen) atoms. The maximum Gasteiger partial charge on any atom is 0.123 e. The van der Waals surface area contributed by atoms with E-state index >= 15 is 0 Å². The van der Waals surface area contributed by atoms with Gasteiger partial charge in [0, 0.05) is 6.04 Å². The zero-order chi connectivity index (χ0) is 12.8. The molecular weight excluding hydrogens is 225 g/mol. The summed E-state index contributed by atoms with van der Waals surface area (Å²) in [4.78, 5) is 0. The highest BCUT2D eigenvalue weighted by Gasteiger charge is 2.14. The first-order valence-electron chi connectivity index (χ1n) is 7.24. The first-order chi connectivity index (χ1) is 8.74. The molecular formula is C16H24FN. The molecule has 0 aliphatic heterocycles. The van der Waals surface area contributed by atoms with Crippen molar-refractivity contribution in [3.05, 3.63) is 35.6 Å². The topological polar surface area (TPSA) is 26.0 Å². The van der Waals surface area contributed by atoms with Crippen LogP contribution in [0.1, 0.15) is 50.5 Å². The van der Waals surface area contributed by atoms with Crippen LogP contribution in [-0.2, 0) is 6.42 Å². The second kappa shape index (κ2) is 6.89. The highest BCUT2D eigenvalue weighted by atomic mass is 19.1. The molecule has 1 fully saturated rings. The average Bonchev–Trinajstić information content (AvgIpc) is 2.40. The van der Waals surface area contributed by atoms with Gasteiger partial charge >= 0.3 is 0 Å². The Morgan fingerprint density at radius 1 is 1.11 bits per heavy atom. The van der Waals surface area contributed by atoms with Crippen LogP contribution >= 0.6 is 0 Å². The van der Waals surface area contributed by atoms with Crippen LogP contribution in [0, 0.1) is 11.7 Å². The number of nitrogens with two attached hydrogens (primary N) is 1. The summed E-state index contributed by atoms with van der Waals surface area (Å²) in [5, 5.41) is 0. The van der Waals surface area contributed by atoms with Gasteiger partial charge in [0.2, 0.25) is 0 Å². The van der Waals surface area contributed by atoms with Gasteiger partial charge in [0.05, 0.1) is 0 Å². The van der Waals surface area contributed by atoms with Crippen molar-refractivity contribution in [2.45, 2.75) is 57.4 Å². The highest BCUT2D eigenvalue weighted by Crippen LogP contribution is 2.27. The van der Waals surface area contributed by atoms with Crippen LogP contribution in [0.25, 0.3) is 0 Å². The minimum absolute atomic E-state index is 0.172. The molecule has 1 aromatic carbocycles. The molecule has 100 valence electrons. The van der Waals surface area contributed by atoms with Gasteiger partial charge < -0.3 is 5.73 Å². The van der Waals surface area contributed by atoms with E-state index in [0.29, 0.717) is 0 Å². The molecule has 2 heteroatoms. The SMILES string of the molecule is NC(CCC1CCCCC1)Cc1ccc(F)cc1. The summed E-state index contributed by atoms with van der Waals surface area (Å²) >= 11 is 0. The molecule has 1 aliphatic rings. The molecule has 1 aliphatic carbocycles. The van der Waals surface area contributed by atoms with Crippen molar-refractivity contribution in [2.75, 3.05) is 0 Å². The van der Waals surface area contributed by atoms with Gasteiger partial charge in [-0.3, -0.25) is 0 Å². The lowest BCUT2D eigenvalue weighted by Gasteiger charge is -2.23. The van der Waals surface area contributed by atoms with Crippen LogP contribution < -0.4 is 5.73 Å². The van der Waals surface area contributed by atoms with Crippen molar-refractivity contribution in [3.8, 4) is 0 Å². The van der Waals surface area contributed by atoms with E-state index in [9.17, 15) is 4.39 Å². The smallest absolute Gasteiger partial charge is 0.123 e. The van der Waals surface area contributed by atoms with Crippen LogP contribution in [0.15, 0.2) is 24.3 Å². The summed E-state index contributed by atoms with van der Waals surface area (Å²) in [7, 11) is 0. The quantitative estimate of drug-likeness (QED) is 0.837. The molecule has 0 bridgehead atoms. The molecule has 2 N–H and O–H groups in total. The highest BCUT2D eigenvalue weighted by molar-refractivity contribution is 5.17. The monoisotopic (exact) mass is 249 g/mol. The van der Waals surface area contributed by atoms with Crippen molar-refractivity contribution in [2.24, 2.45) is 11.7 Å². The number of hydrogen-bond acceptors (Lipinski definition) is 1. The van der Waals surface area contributed by atoms with Gasteiger partial charge in [-0.25, -0.2) is 4.39 Å². The zero-order valence-corrected chi connectivity index (χ0v) is 11.1. The number of rotatable bonds is 5. The van der Waals surface area contributed by atoms with E-state index in [-0.39, 0.29) is 11.9 Å². The van der Waals surface area contributed by atoms with Gasteiger partial charge in [-0.2, -0.15) is 0 Å². The van der Waals surface area contributed by atoms with E-state index in [1.165, 1.54) is 50.7 Å². The Bertz CT molecular complexity index is 341. The molecule has 2 rings (SSSR count). The Morgan fingerprint density at radius 3 is 2.44 bits per heavy atom. The van der Waals surface area contributed by atoms with E-state index in [1.54, 1.807) is 0 Å². The third-order valence-electron chi connectivity index (χ3n) is 4.08. The lowest BCUT2D eigenvalue weighted by Crippen LogP contribution is -2.24. The van der Waals surface area contributed by atoms with Crippen LogP contribution in [0.2, 0.25) is 0 Å². The molecule has 0 radical (unpaired) electrons. The first kappa shape index (κ1) is 13.5. The minimum Gasteiger partial charge on any atom is -0.327 e. The summed E-state index contributed by atoms with van der Waals surface area (Å²) in [5.41, 5.74) is 7.31. The Labute approximate surface area is 110 Å². The van der Waals surface area contributed by atoms with E-state index in [1.807, 2.05) is 12.1 Å². The second-order valence-corrected chi connectivity index (χ2v) is 5.67. The lowest BCUT2D eigenvalue weighted by molar-refractivity contribution is 0.323. The Kier molecular flexibility index (Phi) is 5.18. The molecule has 0 spiro atoms. The Morgan fingerprint density at radius 2 is 1.78 bits per heavy atom. The van der Waals surface area contributed by atoms with Gasteiger partial charge in [0.25, 0.3) is 0 Å².